The lowest BCUT2D eigenvalue weighted by molar-refractivity contribution is -0.0213. The summed E-state index contributed by atoms with van der Waals surface area (Å²) in [5.41, 5.74) is 2.65. The monoisotopic (exact) mass is 258 g/mol. The molecule has 1 heteroatoms. The third-order valence-corrected chi connectivity index (χ3v) is 5.32. The first kappa shape index (κ1) is 13.2. The van der Waals surface area contributed by atoms with Gasteiger partial charge in [-0.15, -0.1) is 0 Å². The van der Waals surface area contributed by atoms with Gasteiger partial charge in [-0.25, -0.2) is 0 Å². The quantitative estimate of drug-likeness (QED) is 0.831. The number of aryl methyl sites for hydroxylation is 1. The van der Waals surface area contributed by atoms with Crippen molar-refractivity contribution in [2.45, 2.75) is 69.8 Å². The third kappa shape index (κ3) is 2.86. The standard InChI is InChI=1S/C18H26O/c1-14-9-11-18(19,12-10-14)13-16-7-4-6-15-5-2-3-8-17(15)16/h2-3,5,8,14,16,19H,4,6-7,9-13H2,1H3. The van der Waals surface area contributed by atoms with Crippen LogP contribution in [-0.2, 0) is 6.42 Å². The summed E-state index contributed by atoms with van der Waals surface area (Å²) in [5, 5.41) is 10.9. The third-order valence-electron chi connectivity index (χ3n) is 5.32. The maximum atomic E-state index is 10.9. The minimum Gasteiger partial charge on any atom is -0.390 e. The van der Waals surface area contributed by atoms with Crippen molar-refractivity contribution in [3.05, 3.63) is 35.4 Å². The van der Waals surface area contributed by atoms with Gasteiger partial charge in [0.05, 0.1) is 5.60 Å². The topological polar surface area (TPSA) is 20.2 Å². The van der Waals surface area contributed by atoms with Crippen molar-refractivity contribution in [3.8, 4) is 0 Å². The number of benzene rings is 1. The molecule has 0 bridgehead atoms. The molecule has 0 heterocycles. The van der Waals surface area contributed by atoms with Crippen LogP contribution in [0.5, 0.6) is 0 Å². The predicted molar refractivity (Wildman–Crippen MR) is 79.3 cm³/mol. The second-order valence-corrected chi connectivity index (χ2v) is 6.90. The van der Waals surface area contributed by atoms with Crippen molar-refractivity contribution < 1.29 is 5.11 Å². The molecule has 1 aromatic rings. The fourth-order valence-corrected chi connectivity index (χ4v) is 4.03. The maximum Gasteiger partial charge on any atom is 0.0653 e. The molecule has 104 valence electrons. The highest BCUT2D eigenvalue weighted by molar-refractivity contribution is 5.32. The lowest BCUT2D eigenvalue weighted by Crippen LogP contribution is -2.35. The first-order valence-electron chi connectivity index (χ1n) is 7.96. The molecule has 0 aromatic heterocycles. The number of hydrogen-bond donors (Lipinski definition) is 1. The lowest BCUT2D eigenvalue weighted by atomic mass is 9.71. The van der Waals surface area contributed by atoms with Crippen LogP contribution in [0.3, 0.4) is 0 Å². The summed E-state index contributed by atoms with van der Waals surface area (Å²) in [6.07, 6.45) is 9.16. The van der Waals surface area contributed by atoms with E-state index in [-0.39, 0.29) is 5.60 Å². The average Bonchev–Trinajstić information content (AvgIpc) is 2.43. The van der Waals surface area contributed by atoms with Crippen molar-refractivity contribution >= 4 is 0 Å². The number of aliphatic hydroxyl groups is 1. The van der Waals surface area contributed by atoms with Crippen LogP contribution in [0, 0.1) is 5.92 Å². The van der Waals surface area contributed by atoms with Gasteiger partial charge < -0.3 is 5.11 Å². The zero-order chi connectivity index (χ0) is 13.3. The molecule has 1 fully saturated rings. The van der Waals surface area contributed by atoms with E-state index in [1.165, 1.54) is 43.2 Å². The molecule has 1 aromatic carbocycles. The van der Waals surface area contributed by atoms with E-state index in [0.29, 0.717) is 5.92 Å². The lowest BCUT2D eigenvalue weighted by Gasteiger charge is -2.39. The fourth-order valence-electron chi connectivity index (χ4n) is 4.03. The van der Waals surface area contributed by atoms with Gasteiger partial charge in [-0.05, 0) is 74.3 Å². The summed E-state index contributed by atoms with van der Waals surface area (Å²) in [7, 11) is 0. The van der Waals surface area contributed by atoms with Gasteiger partial charge in [0, 0.05) is 0 Å². The van der Waals surface area contributed by atoms with E-state index < -0.39 is 0 Å². The molecule has 2 aliphatic rings. The second-order valence-electron chi connectivity index (χ2n) is 6.90. The summed E-state index contributed by atoms with van der Waals surface area (Å²) >= 11 is 0. The molecule has 1 saturated carbocycles. The van der Waals surface area contributed by atoms with E-state index in [2.05, 4.69) is 31.2 Å². The number of rotatable bonds is 2. The molecule has 3 rings (SSSR count). The molecule has 0 aliphatic heterocycles. The molecule has 1 atom stereocenters. The zero-order valence-corrected chi connectivity index (χ0v) is 12.1. The highest BCUT2D eigenvalue weighted by Crippen LogP contribution is 2.42. The highest BCUT2D eigenvalue weighted by Gasteiger charge is 2.35. The summed E-state index contributed by atoms with van der Waals surface area (Å²) in [4.78, 5) is 0. The van der Waals surface area contributed by atoms with Gasteiger partial charge in [0.1, 0.15) is 0 Å². The van der Waals surface area contributed by atoms with Crippen LogP contribution in [0.25, 0.3) is 0 Å². The van der Waals surface area contributed by atoms with Crippen molar-refractivity contribution in [3.63, 3.8) is 0 Å². The SMILES string of the molecule is CC1CCC(O)(CC2CCCc3ccccc32)CC1. The number of hydrogen-bond acceptors (Lipinski definition) is 1. The van der Waals surface area contributed by atoms with Crippen molar-refractivity contribution in [2.24, 2.45) is 5.92 Å². The summed E-state index contributed by atoms with van der Waals surface area (Å²) in [5.74, 6) is 1.39. The van der Waals surface area contributed by atoms with Crippen LogP contribution < -0.4 is 0 Å². The first-order valence-corrected chi connectivity index (χ1v) is 7.96. The van der Waals surface area contributed by atoms with Crippen molar-refractivity contribution in [2.75, 3.05) is 0 Å². The Morgan fingerprint density at radius 1 is 1.16 bits per heavy atom. The molecule has 0 radical (unpaired) electrons. The van der Waals surface area contributed by atoms with E-state index >= 15 is 0 Å². The molecular weight excluding hydrogens is 232 g/mol. The Balaban J connectivity index is 1.74. The Morgan fingerprint density at radius 3 is 2.68 bits per heavy atom. The largest absolute Gasteiger partial charge is 0.390 e. The normalized spacial score (nSPS) is 34.8. The molecule has 1 nitrogen and oxygen atoms in total. The Kier molecular flexibility index (Phi) is 3.66. The highest BCUT2D eigenvalue weighted by atomic mass is 16.3. The summed E-state index contributed by atoms with van der Waals surface area (Å²) in [6.45, 7) is 2.31. The van der Waals surface area contributed by atoms with Crippen LogP contribution in [0.1, 0.15) is 68.9 Å². The van der Waals surface area contributed by atoms with Gasteiger partial charge in [0.25, 0.3) is 0 Å². The molecule has 1 unspecified atom stereocenters. The molecule has 0 saturated heterocycles. The van der Waals surface area contributed by atoms with Gasteiger partial charge in [-0.2, -0.15) is 0 Å². The molecule has 2 aliphatic carbocycles. The van der Waals surface area contributed by atoms with Crippen LogP contribution in [0.4, 0.5) is 0 Å². The maximum absolute atomic E-state index is 10.9. The van der Waals surface area contributed by atoms with Crippen LogP contribution >= 0.6 is 0 Å². The minimum absolute atomic E-state index is 0.387. The van der Waals surface area contributed by atoms with E-state index in [9.17, 15) is 5.11 Å². The summed E-state index contributed by atoms with van der Waals surface area (Å²) in [6, 6.07) is 8.87. The minimum atomic E-state index is -0.387. The summed E-state index contributed by atoms with van der Waals surface area (Å²) < 4.78 is 0. The smallest absolute Gasteiger partial charge is 0.0653 e. The van der Waals surface area contributed by atoms with E-state index in [4.69, 9.17) is 0 Å². The molecular formula is C18H26O. The zero-order valence-electron chi connectivity index (χ0n) is 12.1. The first-order chi connectivity index (χ1) is 9.16. The van der Waals surface area contributed by atoms with Crippen molar-refractivity contribution in [1.82, 2.24) is 0 Å². The van der Waals surface area contributed by atoms with Gasteiger partial charge in [0.2, 0.25) is 0 Å². The Morgan fingerprint density at radius 2 is 1.89 bits per heavy atom. The van der Waals surface area contributed by atoms with Gasteiger partial charge in [-0.1, -0.05) is 31.2 Å². The van der Waals surface area contributed by atoms with Gasteiger partial charge in [0.15, 0.2) is 0 Å². The second kappa shape index (κ2) is 5.28. The fraction of sp³-hybridized carbons (Fsp3) is 0.667. The molecule has 0 amide bonds. The van der Waals surface area contributed by atoms with Crippen molar-refractivity contribution in [1.29, 1.82) is 0 Å². The number of fused-ring (bicyclic) bond motifs is 1. The van der Waals surface area contributed by atoms with E-state index in [0.717, 1.165) is 25.2 Å². The molecule has 0 spiro atoms. The van der Waals surface area contributed by atoms with Gasteiger partial charge in [-0.3, -0.25) is 0 Å². The Labute approximate surface area is 117 Å². The van der Waals surface area contributed by atoms with E-state index in [1.807, 2.05) is 0 Å². The Hall–Kier alpha value is -0.820. The van der Waals surface area contributed by atoms with Crippen LogP contribution in [-0.4, -0.2) is 10.7 Å². The average molecular weight is 258 g/mol. The molecule has 19 heavy (non-hydrogen) atoms. The van der Waals surface area contributed by atoms with Crippen LogP contribution in [0.2, 0.25) is 0 Å². The van der Waals surface area contributed by atoms with Gasteiger partial charge >= 0.3 is 0 Å². The van der Waals surface area contributed by atoms with Crippen LogP contribution in [0.15, 0.2) is 24.3 Å². The van der Waals surface area contributed by atoms with E-state index in [1.54, 1.807) is 0 Å². The molecule has 1 N–H and O–H groups in total. The Bertz CT molecular complexity index is 429. The predicted octanol–water partition coefficient (Wildman–Crippen LogP) is 4.44.